The third-order valence-electron chi connectivity index (χ3n) is 4.65. The molecule has 5 heteroatoms. The summed E-state index contributed by atoms with van der Waals surface area (Å²) in [6, 6.07) is 17.6. The summed E-state index contributed by atoms with van der Waals surface area (Å²) < 4.78 is 10.7. The minimum atomic E-state index is -0.500. The van der Waals surface area contributed by atoms with Crippen molar-refractivity contribution < 1.29 is 14.1 Å². The van der Waals surface area contributed by atoms with Crippen LogP contribution in [0, 0.1) is 6.92 Å². The summed E-state index contributed by atoms with van der Waals surface area (Å²) in [4.78, 5) is 16.9. The van der Waals surface area contributed by atoms with E-state index in [1.54, 1.807) is 0 Å². The molecule has 126 valence electrons. The van der Waals surface area contributed by atoms with Gasteiger partial charge in [-0.3, -0.25) is 4.79 Å². The van der Waals surface area contributed by atoms with E-state index in [2.05, 4.69) is 10.1 Å². The van der Waals surface area contributed by atoms with E-state index in [4.69, 9.17) is 9.26 Å². The molecule has 4 rings (SSSR count). The molecule has 0 radical (unpaired) electrons. The van der Waals surface area contributed by atoms with E-state index in [-0.39, 0.29) is 12.6 Å². The van der Waals surface area contributed by atoms with E-state index in [1.807, 2.05) is 61.5 Å². The van der Waals surface area contributed by atoms with E-state index < -0.39 is 5.41 Å². The Bertz CT molecular complexity index is 898. The molecular formula is C20H18N2O3. The zero-order chi connectivity index (χ0) is 17.3. The Labute approximate surface area is 145 Å². The van der Waals surface area contributed by atoms with E-state index in [1.165, 1.54) is 0 Å². The van der Waals surface area contributed by atoms with Crippen molar-refractivity contribution in [2.45, 2.75) is 31.8 Å². The van der Waals surface area contributed by atoms with Gasteiger partial charge in [0.15, 0.2) is 6.61 Å². The number of nitrogens with zero attached hydrogens (tertiary/aromatic N) is 2. The fourth-order valence-electron chi connectivity index (χ4n) is 3.00. The fraction of sp³-hybridized carbons (Fsp3) is 0.250. The molecule has 0 atom stereocenters. The summed E-state index contributed by atoms with van der Waals surface area (Å²) in [7, 11) is 0. The van der Waals surface area contributed by atoms with E-state index >= 15 is 0 Å². The second kappa shape index (κ2) is 6.16. The molecule has 1 saturated carbocycles. The van der Waals surface area contributed by atoms with Crippen molar-refractivity contribution in [2.75, 3.05) is 0 Å². The van der Waals surface area contributed by atoms with Crippen molar-refractivity contribution in [1.82, 2.24) is 10.1 Å². The summed E-state index contributed by atoms with van der Waals surface area (Å²) in [5.74, 6) is 0.582. The Balaban J connectivity index is 1.44. The first-order chi connectivity index (χ1) is 12.2. The molecule has 0 N–H and O–H groups in total. The Hall–Kier alpha value is -2.95. The number of benzene rings is 2. The van der Waals surface area contributed by atoms with Crippen molar-refractivity contribution in [2.24, 2.45) is 0 Å². The van der Waals surface area contributed by atoms with Gasteiger partial charge >= 0.3 is 5.97 Å². The molecule has 0 unspecified atom stereocenters. The number of ether oxygens (including phenoxy) is 1. The Morgan fingerprint density at radius 3 is 2.56 bits per heavy atom. The summed E-state index contributed by atoms with van der Waals surface area (Å²) >= 11 is 0. The van der Waals surface area contributed by atoms with Gasteiger partial charge in [0.25, 0.3) is 5.89 Å². The third-order valence-corrected chi connectivity index (χ3v) is 4.65. The number of rotatable bonds is 5. The number of carbonyl (C=O) groups is 1. The SMILES string of the molecule is Cc1ccccc1-c1noc(COC(=O)C2(c3ccccc3)CC2)n1. The average Bonchev–Trinajstić information content (AvgIpc) is 3.33. The second-order valence-electron chi connectivity index (χ2n) is 6.35. The maximum absolute atomic E-state index is 12.5. The minimum Gasteiger partial charge on any atom is -0.455 e. The van der Waals surface area contributed by atoms with Crippen LogP contribution in [0.2, 0.25) is 0 Å². The first-order valence-corrected chi connectivity index (χ1v) is 8.30. The van der Waals surface area contributed by atoms with Gasteiger partial charge in [0, 0.05) is 5.56 Å². The molecule has 0 bridgehead atoms. The van der Waals surface area contributed by atoms with Gasteiger partial charge in [-0.2, -0.15) is 4.98 Å². The maximum atomic E-state index is 12.5. The Morgan fingerprint density at radius 1 is 1.12 bits per heavy atom. The number of carbonyl (C=O) groups excluding carboxylic acids is 1. The Morgan fingerprint density at radius 2 is 1.84 bits per heavy atom. The zero-order valence-corrected chi connectivity index (χ0v) is 13.9. The quantitative estimate of drug-likeness (QED) is 0.664. The highest BCUT2D eigenvalue weighted by molar-refractivity contribution is 5.86. The molecule has 1 fully saturated rings. The van der Waals surface area contributed by atoms with Crippen molar-refractivity contribution in [3.8, 4) is 11.4 Å². The molecule has 2 aromatic carbocycles. The number of hydrogen-bond donors (Lipinski definition) is 0. The van der Waals surface area contributed by atoms with Crippen LogP contribution in [-0.4, -0.2) is 16.1 Å². The van der Waals surface area contributed by atoms with Gasteiger partial charge in [-0.25, -0.2) is 0 Å². The lowest BCUT2D eigenvalue weighted by atomic mass is 9.96. The van der Waals surface area contributed by atoms with Crippen LogP contribution in [0.15, 0.2) is 59.1 Å². The highest BCUT2D eigenvalue weighted by Crippen LogP contribution is 2.49. The van der Waals surface area contributed by atoms with E-state index in [9.17, 15) is 4.79 Å². The molecule has 1 heterocycles. The first-order valence-electron chi connectivity index (χ1n) is 8.30. The predicted molar refractivity (Wildman–Crippen MR) is 91.6 cm³/mol. The number of aryl methyl sites for hydroxylation is 1. The number of hydrogen-bond acceptors (Lipinski definition) is 5. The van der Waals surface area contributed by atoms with Gasteiger partial charge in [0.05, 0.1) is 5.41 Å². The molecule has 1 aliphatic carbocycles. The van der Waals surface area contributed by atoms with E-state index in [0.29, 0.717) is 11.7 Å². The highest BCUT2D eigenvalue weighted by atomic mass is 16.6. The summed E-state index contributed by atoms with van der Waals surface area (Å²) in [5, 5.41) is 3.98. The largest absolute Gasteiger partial charge is 0.455 e. The van der Waals surface area contributed by atoms with Crippen LogP contribution in [-0.2, 0) is 21.6 Å². The van der Waals surface area contributed by atoms with Crippen LogP contribution in [0.4, 0.5) is 0 Å². The number of esters is 1. The molecule has 3 aromatic rings. The maximum Gasteiger partial charge on any atom is 0.317 e. The standard InChI is InChI=1S/C20H18N2O3/c1-14-7-5-6-10-16(14)18-21-17(25-22-18)13-24-19(23)20(11-12-20)15-8-3-2-4-9-15/h2-10H,11-13H2,1H3. The minimum absolute atomic E-state index is 0.00764. The van der Waals surface area contributed by atoms with Gasteiger partial charge in [0.1, 0.15) is 0 Å². The van der Waals surface area contributed by atoms with Crippen molar-refractivity contribution in [3.05, 3.63) is 71.6 Å². The van der Waals surface area contributed by atoms with Crippen LogP contribution < -0.4 is 0 Å². The lowest BCUT2D eigenvalue weighted by Crippen LogP contribution is -2.23. The monoisotopic (exact) mass is 334 g/mol. The smallest absolute Gasteiger partial charge is 0.317 e. The van der Waals surface area contributed by atoms with Crippen LogP contribution in [0.3, 0.4) is 0 Å². The van der Waals surface area contributed by atoms with Crippen LogP contribution in [0.25, 0.3) is 11.4 Å². The molecule has 1 aliphatic rings. The van der Waals surface area contributed by atoms with Crippen molar-refractivity contribution in [1.29, 1.82) is 0 Å². The molecule has 0 aliphatic heterocycles. The second-order valence-corrected chi connectivity index (χ2v) is 6.35. The predicted octanol–water partition coefficient (Wildman–Crippen LogP) is 3.82. The van der Waals surface area contributed by atoms with Gasteiger partial charge < -0.3 is 9.26 Å². The summed E-state index contributed by atoms with van der Waals surface area (Å²) in [6.45, 7) is 1.98. The van der Waals surface area contributed by atoms with Crippen LogP contribution in [0.5, 0.6) is 0 Å². The van der Waals surface area contributed by atoms with Crippen LogP contribution in [0.1, 0.15) is 29.9 Å². The van der Waals surface area contributed by atoms with Gasteiger partial charge in [0.2, 0.25) is 5.82 Å². The molecular weight excluding hydrogens is 316 g/mol. The van der Waals surface area contributed by atoms with E-state index in [0.717, 1.165) is 29.5 Å². The first kappa shape index (κ1) is 15.6. The van der Waals surface area contributed by atoms with Crippen molar-refractivity contribution in [3.63, 3.8) is 0 Å². The normalized spacial score (nSPS) is 14.9. The summed E-state index contributed by atoms with van der Waals surface area (Å²) in [6.07, 6.45) is 1.63. The molecule has 1 aromatic heterocycles. The van der Waals surface area contributed by atoms with Gasteiger partial charge in [-0.15, -0.1) is 0 Å². The van der Waals surface area contributed by atoms with Gasteiger partial charge in [-0.05, 0) is 30.9 Å². The molecule has 5 nitrogen and oxygen atoms in total. The fourth-order valence-corrected chi connectivity index (χ4v) is 3.00. The molecule has 0 saturated heterocycles. The van der Waals surface area contributed by atoms with Crippen molar-refractivity contribution >= 4 is 5.97 Å². The Kier molecular flexibility index (Phi) is 3.84. The molecule has 0 spiro atoms. The molecule has 25 heavy (non-hydrogen) atoms. The van der Waals surface area contributed by atoms with Crippen LogP contribution >= 0.6 is 0 Å². The van der Waals surface area contributed by atoms with Gasteiger partial charge in [-0.1, -0.05) is 59.8 Å². The number of aromatic nitrogens is 2. The lowest BCUT2D eigenvalue weighted by molar-refractivity contribution is -0.148. The molecule has 0 amide bonds. The summed E-state index contributed by atoms with van der Waals surface area (Å²) in [5.41, 5.74) is 2.48. The lowest BCUT2D eigenvalue weighted by Gasteiger charge is -2.13. The highest BCUT2D eigenvalue weighted by Gasteiger charge is 2.52. The zero-order valence-electron chi connectivity index (χ0n) is 13.9. The average molecular weight is 334 g/mol. The third kappa shape index (κ3) is 2.93. The topological polar surface area (TPSA) is 65.2 Å².